The fourth-order valence-electron chi connectivity index (χ4n) is 6.20. The molecule has 2 aromatic carbocycles. The molecule has 0 bridgehead atoms. The number of nitrogens with one attached hydrogen (secondary N) is 2. The van der Waals surface area contributed by atoms with E-state index in [2.05, 4.69) is 48.7 Å². The van der Waals surface area contributed by atoms with Crippen LogP contribution in [0.3, 0.4) is 0 Å². The Balaban J connectivity index is 1.40. The van der Waals surface area contributed by atoms with E-state index in [4.69, 9.17) is 0 Å². The molecule has 2 aliphatic rings. The summed E-state index contributed by atoms with van der Waals surface area (Å²) in [5.41, 5.74) is 2.74. The Morgan fingerprint density at radius 2 is 1.80 bits per heavy atom. The van der Waals surface area contributed by atoms with Gasteiger partial charge < -0.3 is 20.6 Å². The van der Waals surface area contributed by atoms with Gasteiger partial charge in [-0.25, -0.2) is 4.39 Å². The van der Waals surface area contributed by atoms with Crippen molar-refractivity contribution in [1.29, 1.82) is 0 Å². The molecular formula is C32H45FN4O3. The van der Waals surface area contributed by atoms with Crippen LogP contribution < -0.4 is 10.6 Å². The summed E-state index contributed by atoms with van der Waals surface area (Å²) in [4.78, 5) is 30.6. The van der Waals surface area contributed by atoms with Gasteiger partial charge in [0.05, 0.1) is 12.1 Å². The van der Waals surface area contributed by atoms with E-state index in [1.165, 1.54) is 5.56 Å². The highest BCUT2D eigenvalue weighted by molar-refractivity contribution is 5.94. The highest BCUT2D eigenvalue weighted by atomic mass is 19.1. The molecule has 4 rings (SSSR count). The molecule has 2 fully saturated rings. The summed E-state index contributed by atoms with van der Waals surface area (Å²) in [6.45, 7) is 7.94. The Hall–Kier alpha value is -2.81. The molecule has 40 heavy (non-hydrogen) atoms. The Morgan fingerprint density at radius 3 is 2.52 bits per heavy atom. The first-order chi connectivity index (χ1) is 19.2. The minimum Gasteiger partial charge on any atom is -0.390 e. The molecule has 4 atom stereocenters. The van der Waals surface area contributed by atoms with Crippen LogP contribution in [-0.4, -0.2) is 83.3 Å². The second-order valence-corrected chi connectivity index (χ2v) is 11.6. The van der Waals surface area contributed by atoms with Gasteiger partial charge in [-0.15, -0.1) is 0 Å². The molecule has 2 heterocycles. The minimum atomic E-state index is -0.833. The fraction of sp³-hybridized carbons (Fsp3) is 0.562. The van der Waals surface area contributed by atoms with Crippen molar-refractivity contribution in [3.05, 3.63) is 71.3 Å². The standard InChI is InChI=1S/C32H45FN4O3/c1-23(2)27-12-7-11-26(19-27)21-34-22-29(38)28(20-25-9-5-4-6-10-25)35-30(39)24(3)37-17-14-32(31(37)40)13-8-16-36(32)18-15-33/h4-7,9-12,19,23-24,28-29,34,38H,8,13-18,20-22H2,1-3H3,(H,35,39)/t24?,28-,29+,32?/m0/s1. The number of amides is 2. The molecule has 2 aliphatic heterocycles. The largest absolute Gasteiger partial charge is 0.390 e. The molecule has 0 aliphatic carbocycles. The van der Waals surface area contributed by atoms with Crippen LogP contribution in [0.1, 0.15) is 62.6 Å². The van der Waals surface area contributed by atoms with Crippen molar-refractivity contribution in [2.75, 3.05) is 32.9 Å². The smallest absolute Gasteiger partial charge is 0.243 e. The molecule has 2 amide bonds. The summed E-state index contributed by atoms with van der Waals surface area (Å²) in [5.74, 6) is 0.0763. The molecule has 0 saturated carbocycles. The SMILES string of the molecule is CC(C)c1cccc(CNC[C@@H](O)[C@H](Cc2ccccc2)NC(=O)C(C)N2CCC3(CCCN3CCF)C2=O)c1. The highest BCUT2D eigenvalue weighted by Crippen LogP contribution is 2.39. The summed E-state index contributed by atoms with van der Waals surface area (Å²) in [6.07, 6.45) is 1.81. The van der Waals surface area contributed by atoms with E-state index in [1.807, 2.05) is 35.2 Å². The Morgan fingerprint density at radius 1 is 1.05 bits per heavy atom. The lowest BCUT2D eigenvalue weighted by Gasteiger charge is -2.34. The number of hydrogen-bond donors (Lipinski definition) is 3. The summed E-state index contributed by atoms with van der Waals surface area (Å²) in [7, 11) is 0. The minimum absolute atomic E-state index is 0.0773. The predicted octanol–water partition coefficient (Wildman–Crippen LogP) is 3.41. The lowest BCUT2D eigenvalue weighted by Crippen LogP contribution is -2.57. The molecule has 0 aromatic heterocycles. The number of rotatable bonds is 13. The van der Waals surface area contributed by atoms with Gasteiger partial charge in [0, 0.05) is 26.2 Å². The quantitative estimate of drug-likeness (QED) is 0.355. The maximum atomic E-state index is 13.5. The topological polar surface area (TPSA) is 84.9 Å². The normalized spacial score (nSPS) is 21.8. The number of aliphatic hydroxyl groups excluding tert-OH is 1. The van der Waals surface area contributed by atoms with E-state index in [9.17, 15) is 19.1 Å². The summed E-state index contributed by atoms with van der Waals surface area (Å²) in [6, 6.07) is 17.0. The third-order valence-corrected chi connectivity index (χ3v) is 8.64. The van der Waals surface area contributed by atoms with Gasteiger partial charge >= 0.3 is 0 Å². The Kier molecular flexibility index (Phi) is 10.3. The van der Waals surface area contributed by atoms with Crippen LogP contribution >= 0.6 is 0 Å². The summed E-state index contributed by atoms with van der Waals surface area (Å²) in [5, 5.41) is 17.6. The summed E-state index contributed by atoms with van der Waals surface area (Å²) < 4.78 is 13.2. The maximum Gasteiger partial charge on any atom is 0.243 e. The summed E-state index contributed by atoms with van der Waals surface area (Å²) >= 11 is 0. The molecule has 2 unspecified atom stereocenters. The Bertz CT molecular complexity index is 1130. The highest BCUT2D eigenvalue weighted by Gasteiger charge is 2.54. The van der Waals surface area contributed by atoms with E-state index >= 15 is 0 Å². The number of alkyl halides is 1. The van der Waals surface area contributed by atoms with Gasteiger partial charge in [0.25, 0.3) is 0 Å². The van der Waals surface area contributed by atoms with E-state index in [0.29, 0.717) is 51.4 Å². The zero-order valence-electron chi connectivity index (χ0n) is 24.1. The second kappa shape index (κ2) is 13.7. The molecule has 7 nitrogen and oxygen atoms in total. The van der Waals surface area contributed by atoms with Gasteiger partial charge in [-0.3, -0.25) is 14.5 Å². The number of carbonyl (C=O) groups excluding carboxylic acids is 2. The van der Waals surface area contributed by atoms with Crippen molar-refractivity contribution in [1.82, 2.24) is 20.4 Å². The average molecular weight is 553 g/mol. The van der Waals surface area contributed by atoms with Crippen LogP contribution in [0.5, 0.6) is 0 Å². The third kappa shape index (κ3) is 6.90. The first-order valence-corrected chi connectivity index (χ1v) is 14.7. The molecular weight excluding hydrogens is 507 g/mol. The molecule has 0 radical (unpaired) electrons. The van der Waals surface area contributed by atoms with Crippen molar-refractivity contribution in [2.24, 2.45) is 0 Å². The maximum absolute atomic E-state index is 13.5. The monoisotopic (exact) mass is 552 g/mol. The van der Waals surface area contributed by atoms with Crippen LogP contribution in [0.2, 0.25) is 0 Å². The lowest BCUT2D eigenvalue weighted by molar-refractivity contribution is -0.143. The van der Waals surface area contributed by atoms with Crippen LogP contribution in [0.15, 0.2) is 54.6 Å². The first kappa shape index (κ1) is 30.2. The van der Waals surface area contributed by atoms with Gasteiger partial charge in [0.15, 0.2) is 0 Å². The molecule has 1 spiro atoms. The zero-order chi connectivity index (χ0) is 28.7. The van der Waals surface area contributed by atoms with E-state index in [1.54, 1.807) is 11.8 Å². The lowest BCUT2D eigenvalue weighted by atomic mass is 9.94. The number of halogens is 1. The van der Waals surface area contributed by atoms with Crippen molar-refractivity contribution < 1.29 is 19.1 Å². The number of aliphatic hydroxyl groups is 1. The van der Waals surface area contributed by atoms with Gasteiger partial charge in [-0.1, -0.05) is 68.4 Å². The number of carbonyl (C=O) groups is 2. The number of likely N-dealkylation sites (tertiary alicyclic amines) is 2. The van der Waals surface area contributed by atoms with Gasteiger partial charge in [0.2, 0.25) is 11.8 Å². The van der Waals surface area contributed by atoms with Crippen molar-refractivity contribution in [3.63, 3.8) is 0 Å². The van der Waals surface area contributed by atoms with Crippen LogP contribution in [0.4, 0.5) is 4.39 Å². The zero-order valence-corrected chi connectivity index (χ0v) is 24.1. The second-order valence-electron chi connectivity index (χ2n) is 11.6. The van der Waals surface area contributed by atoms with E-state index in [0.717, 1.165) is 17.5 Å². The van der Waals surface area contributed by atoms with Gasteiger partial charge in [0.1, 0.15) is 18.3 Å². The number of benzene rings is 2. The number of hydrogen-bond acceptors (Lipinski definition) is 5. The third-order valence-electron chi connectivity index (χ3n) is 8.64. The molecule has 2 saturated heterocycles. The van der Waals surface area contributed by atoms with Gasteiger partial charge in [-0.05, 0) is 61.8 Å². The van der Waals surface area contributed by atoms with Crippen LogP contribution in [0.25, 0.3) is 0 Å². The van der Waals surface area contributed by atoms with E-state index < -0.39 is 30.4 Å². The van der Waals surface area contributed by atoms with Crippen LogP contribution in [0, 0.1) is 0 Å². The van der Waals surface area contributed by atoms with Crippen LogP contribution in [-0.2, 0) is 22.6 Å². The molecule has 3 N–H and O–H groups in total. The molecule has 218 valence electrons. The van der Waals surface area contributed by atoms with Crippen molar-refractivity contribution >= 4 is 11.8 Å². The van der Waals surface area contributed by atoms with Gasteiger partial charge in [-0.2, -0.15) is 0 Å². The van der Waals surface area contributed by atoms with E-state index in [-0.39, 0.29) is 18.4 Å². The Labute approximate surface area is 238 Å². The van der Waals surface area contributed by atoms with Crippen molar-refractivity contribution in [3.8, 4) is 0 Å². The van der Waals surface area contributed by atoms with Crippen molar-refractivity contribution in [2.45, 2.75) is 82.6 Å². The average Bonchev–Trinajstić information content (AvgIpc) is 3.51. The predicted molar refractivity (Wildman–Crippen MR) is 156 cm³/mol. The molecule has 8 heteroatoms. The number of nitrogens with zero attached hydrogens (tertiary/aromatic N) is 2. The molecule has 2 aromatic rings. The first-order valence-electron chi connectivity index (χ1n) is 14.7. The fourth-order valence-corrected chi connectivity index (χ4v) is 6.20.